The lowest BCUT2D eigenvalue weighted by Crippen LogP contribution is -2.01. The molecular weight excluding hydrogens is 384 g/mol. The number of aryl methyl sites for hydroxylation is 2. The van der Waals surface area contributed by atoms with E-state index in [1.807, 2.05) is 50.2 Å². The Morgan fingerprint density at radius 1 is 0.733 bits per heavy atom. The Morgan fingerprint density at radius 2 is 1.13 bits per heavy atom. The Labute approximate surface area is 177 Å². The molecule has 0 aliphatic heterocycles. The molecule has 0 unspecified atom stereocenters. The largest absolute Gasteiger partial charge is 0.493 e. The van der Waals surface area contributed by atoms with Crippen molar-refractivity contribution in [2.24, 2.45) is 0 Å². The molecule has 0 atom stereocenters. The van der Waals surface area contributed by atoms with Gasteiger partial charge in [-0.3, -0.25) is 9.59 Å². The van der Waals surface area contributed by atoms with E-state index in [2.05, 4.69) is 0 Å². The van der Waals surface area contributed by atoms with Crippen molar-refractivity contribution < 1.29 is 29.3 Å². The van der Waals surface area contributed by atoms with Crippen LogP contribution in [0, 0.1) is 0 Å². The van der Waals surface area contributed by atoms with E-state index in [9.17, 15) is 9.59 Å². The third-order valence-electron chi connectivity index (χ3n) is 4.69. The van der Waals surface area contributed by atoms with Crippen LogP contribution < -0.4 is 9.47 Å². The number of hydrogen-bond acceptors (Lipinski definition) is 4. The fourth-order valence-corrected chi connectivity index (χ4v) is 3.34. The van der Waals surface area contributed by atoms with E-state index in [1.54, 1.807) is 0 Å². The van der Waals surface area contributed by atoms with E-state index >= 15 is 0 Å². The smallest absolute Gasteiger partial charge is 0.303 e. The highest BCUT2D eigenvalue weighted by atomic mass is 16.5. The summed E-state index contributed by atoms with van der Waals surface area (Å²) in [5, 5.41) is 17.8. The molecular formula is C24H30O6. The molecule has 0 heterocycles. The van der Waals surface area contributed by atoms with E-state index < -0.39 is 11.9 Å². The molecule has 0 spiro atoms. The van der Waals surface area contributed by atoms with Gasteiger partial charge in [-0.2, -0.15) is 0 Å². The molecule has 0 saturated carbocycles. The number of carboxylic acid groups (broad SMARTS) is 2. The molecule has 0 aliphatic carbocycles. The second-order valence-corrected chi connectivity index (χ2v) is 7.02. The molecule has 0 aromatic heterocycles. The molecule has 0 amide bonds. The fraction of sp³-hybridized carbons (Fsp3) is 0.417. The van der Waals surface area contributed by atoms with Gasteiger partial charge in [0.05, 0.1) is 13.2 Å². The number of rotatable bonds is 13. The van der Waals surface area contributed by atoms with Gasteiger partial charge < -0.3 is 19.7 Å². The van der Waals surface area contributed by atoms with Gasteiger partial charge in [0.1, 0.15) is 11.5 Å². The van der Waals surface area contributed by atoms with Crippen molar-refractivity contribution in [1.29, 1.82) is 0 Å². The Kier molecular flexibility index (Phi) is 9.19. The summed E-state index contributed by atoms with van der Waals surface area (Å²) < 4.78 is 11.7. The first-order valence-corrected chi connectivity index (χ1v) is 10.4. The lowest BCUT2D eigenvalue weighted by Gasteiger charge is -2.17. The molecule has 0 bridgehead atoms. The molecule has 2 aromatic carbocycles. The Balaban J connectivity index is 2.40. The third-order valence-corrected chi connectivity index (χ3v) is 4.69. The Hall–Kier alpha value is -3.02. The van der Waals surface area contributed by atoms with Crippen LogP contribution in [0.25, 0.3) is 11.1 Å². The molecule has 6 heteroatoms. The third kappa shape index (κ3) is 7.10. The second-order valence-electron chi connectivity index (χ2n) is 7.02. The minimum absolute atomic E-state index is 0.131. The van der Waals surface area contributed by atoms with Crippen LogP contribution in [0.4, 0.5) is 0 Å². The zero-order chi connectivity index (χ0) is 21.9. The van der Waals surface area contributed by atoms with Gasteiger partial charge in [-0.15, -0.1) is 0 Å². The summed E-state index contributed by atoms with van der Waals surface area (Å²) in [5.74, 6) is -0.117. The summed E-state index contributed by atoms with van der Waals surface area (Å²) in [7, 11) is 0. The van der Waals surface area contributed by atoms with E-state index in [4.69, 9.17) is 19.7 Å². The van der Waals surface area contributed by atoms with E-state index in [0.717, 1.165) is 33.8 Å². The summed E-state index contributed by atoms with van der Waals surface area (Å²) in [6.45, 7) is 4.90. The lowest BCUT2D eigenvalue weighted by molar-refractivity contribution is -0.138. The minimum atomic E-state index is -0.797. The molecule has 2 N–H and O–H groups in total. The van der Waals surface area contributed by atoms with Gasteiger partial charge in [-0.25, -0.2) is 0 Å². The van der Waals surface area contributed by atoms with Crippen LogP contribution in [-0.2, 0) is 22.4 Å². The SMILES string of the molecule is CCOc1ccc(CCCC(=O)O)cc1-c1cc(CCCC(=O)O)ccc1OCC. The number of carboxylic acids is 2. The van der Waals surface area contributed by atoms with Crippen molar-refractivity contribution in [3.05, 3.63) is 47.5 Å². The van der Waals surface area contributed by atoms with E-state index in [1.165, 1.54) is 0 Å². The van der Waals surface area contributed by atoms with Crippen LogP contribution in [0.2, 0.25) is 0 Å². The highest BCUT2D eigenvalue weighted by molar-refractivity contribution is 5.77. The lowest BCUT2D eigenvalue weighted by atomic mass is 9.96. The molecule has 2 rings (SSSR count). The predicted molar refractivity (Wildman–Crippen MR) is 115 cm³/mol. The molecule has 30 heavy (non-hydrogen) atoms. The number of aliphatic carboxylic acids is 2. The van der Waals surface area contributed by atoms with Crippen LogP contribution in [0.3, 0.4) is 0 Å². The van der Waals surface area contributed by atoms with Crippen molar-refractivity contribution in [2.75, 3.05) is 13.2 Å². The average Bonchev–Trinajstić information content (AvgIpc) is 2.70. The average molecular weight is 414 g/mol. The van der Waals surface area contributed by atoms with Crippen molar-refractivity contribution in [2.45, 2.75) is 52.4 Å². The number of benzene rings is 2. The zero-order valence-corrected chi connectivity index (χ0v) is 17.6. The molecule has 6 nitrogen and oxygen atoms in total. The summed E-state index contributed by atoms with van der Waals surface area (Å²) in [4.78, 5) is 21.7. The van der Waals surface area contributed by atoms with Crippen LogP contribution in [0.1, 0.15) is 50.7 Å². The standard InChI is InChI=1S/C24H30O6/c1-3-29-21-13-11-17(7-5-9-23(25)26)15-19(21)20-16-18(8-6-10-24(27)28)12-14-22(20)30-4-2/h11-16H,3-10H2,1-2H3,(H,25,26)(H,27,28). The van der Waals surface area contributed by atoms with Crippen molar-refractivity contribution >= 4 is 11.9 Å². The summed E-state index contributed by atoms with van der Waals surface area (Å²) in [5.41, 5.74) is 3.86. The van der Waals surface area contributed by atoms with Gasteiger partial charge in [0.25, 0.3) is 0 Å². The quantitative estimate of drug-likeness (QED) is 0.481. The van der Waals surface area contributed by atoms with Gasteiger partial charge in [0.15, 0.2) is 0 Å². The van der Waals surface area contributed by atoms with Gasteiger partial charge in [-0.1, -0.05) is 12.1 Å². The molecule has 162 valence electrons. The van der Waals surface area contributed by atoms with Crippen LogP contribution in [0.5, 0.6) is 11.5 Å². The van der Waals surface area contributed by atoms with Gasteiger partial charge >= 0.3 is 11.9 Å². The van der Waals surface area contributed by atoms with E-state index in [0.29, 0.717) is 38.9 Å². The predicted octanol–water partition coefficient (Wildman–Crippen LogP) is 4.97. The van der Waals surface area contributed by atoms with Crippen LogP contribution in [-0.4, -0.2) is 35.4 Å². The highest BCUT2D eigenvalue weighted by Crippen LogP contribution is 2.38. The van der Waals surface area contributed by atoms with Crippen molar-refractivity contribution in [3.8, 4) is 22.6 Å². The molecule has 2 aromatic rings. The maximum absolute atomic E-state index is 10.8. The van der Waals surface area contributed by atoms with Gasteiger partial charge in [0.2, 0.25) is 0 Å². The topological polar surface area (TPSA) is 93.1 Å². The van der Waals surface area contributed by atoms with Gasteiger partial charge in [0, 0.05) is 24.0 Å². The van der Waals surface area contributed by atoms with E-state index in [-0.39, 0.29) is 12.8 Å². The molecule has 0 radical (unpaired) electrons. The fourth-order valence-electron chi connectivity index (χ4n) is 3.34. The molecule has 0 aliphatic rings. The van der Waals surface area contributed by atoms with Crippen LogP contribution >= 0.6 is 0 Å². The summed E-state index contributed by atoms with van der Waals surface area (Å²) in [6.07, 6.45) is 2.71. The number of hydrogen-bond donors (Lipinski definition) is 2. The zero-order valence-electron chi connectivity index (χ0n) is 17.6. The first-order valence-electron chi connectivity index (χ1n) is 10.4. The first-order chi connectivity index (χ1) is 14.4. The van der Waals surface area contributed by atoms with Crippen molar-refractivity contribution in [1.82, 2.24) is 0 Å². The minimum Gasteiger partial charge on any atom is -0.493 e. The number of carbonyl (C=O) groups is 2. The Bertz CT molecular complexity index is 787. The first kappa shape index (κ1) is 23.3. The van der Waals surface area contributed by atoms with Gasteiger partial charge in [-0.05, 0) is 74.9 Å². The summed E-state index contributed by atoms with van der Waals surface area (Å²) >= 11 is 0. The van der Waals surface area contributed by atoms with Crippen molar-refractivity contribution in [3.63, 3.8) is 0 Å². The molecule has 0 saturated heterocycles. The maximum Gasteiger partial charge on any atom is 0.303 e. The number of ether oxygens (including phenoxy) is 2. The highest BCUT2D eigenvalue weighted by Gasteiger charge is 2.14. The summed E-state index contributed by atoms with van der Waals surface area (Å²) in [6, 6.07) is 11.8. The maximum atomic E-state index is 10.8. The van der Waals surface area contributed by atoms with Crippen LogP contribution in [0.15, 0.2) is 36.4 Å². The Morgan fingerprint density at radius 3 is 1.47 bits per heavy atom. The monoisotopic (exact) mass is 414 g/mol. The molecule has 0 fully saturated rings. The normalized spacial score (nSPS) is 10.6. The second kappa shape index (κ2) is 11.9.